The Hall–Kier alpha value is -1.97. The molecular weight excluding hydrogens is 512 g/mol. The average Bonchev–Trinajstić information content (AvgIpc) is 3.11. The fraction of sp³-hybridized carbons (Fsp3) is 0.435. The number of carbonyl (C=O) groups is 2. The lowest BCUT2D eigenvalue weighted by molar-refractivity contribution is 0.0601. The number of halogens is 1. The van der Waals surface area contributed by atoms with Crippen molar-refractivity contribution in [1.82, 2.24) is 5.32 Å². The first-order valence-electron chi connectivity index (χ1n) is 10.6. The van der Waals surface area contributed by atoms with Crippen LogP contribution in [0.5, 0.6) is 5.75 Å². The van der Waals surface area contributed by atoms with Crippen molar-refractivity contribution in [3.05, 3.63) is 44.2 Å². The van der Waals surface area contributed by atoms with E-state index in [1.54, 1.807) is 18.2 Å². The number of carbonyl (C=O) groups excluding carboxylic acids is 2. The number of benzene rings is 1. The second kappa shape index (κ2) is 11.2. The molecule has 1 heterocycles. The highest BCUT2D eigenvalue weighted by molar-refractivity contribution is 9.10. The number of fused-ring (bicyclic) bond motifs is 1. The van der Waals surface area contributed by atoms with Gasteiger partial charge < -0.3 is 14.8 Å². The zero-order valence-corrected chi connectivity index (χ0v) is 21.6. The number of methoxy groups -OCH3 is 1. The molecule has 0 saturated carbocycles. The minimum atomic E-state index is -0.391. The van der Waals surface area contributed by atoms with Gasteiger partial charge in [-0.2, -0.15) is 0 Å². The molecule has 3 rings (SSSR count). The first kappa shape index (κ1) is 24.7. The van der Waals surface area contributed by atoms with Crippen LogP contribution in [0.1, 0.15) is 64.3 Å². The molecule has 1 aliphatic rings. The number of esters is 1. The van der Waals surface area contributed by atoms with Gasteiger partial charge in [0, 0.05) is 10.4 Å². The second-order valence-electron chi connectivity index (χ2n) is 7.99. The number of ether oxygens (including phenoxy) is 2. The fourth-order valence-corrected chi connectivity index (χ4v) is 5.48. The smallest absolute Gasteiger partial charge is 0.341 e. The quantitative estimate of drug-likeness (QED) is 0.346. The molecule has 1 aromatic heterocycles. The molecule has 0 saturated heterocycles. The number of nitrogens with one attached hydrogen (secondary N) is 2. The van der Waals surface area contributed by atoms with Gasteiger partial charge >= 0.3 is 5.97 Å². The minimum Gasteiger partial charge on any atom is -0.492 e. The molecule has 6 nitrogen and oxygen atoms in total. The highest BCUT2D eigenvalue weighted by Crippen LogP contribution is 2.38. The lowest BCUT2D eigenvalue weighted by Crippen LogP contribution is -2.34. The summed E-state index contributed by atoms with van der Waals surface area (Å²) in [6, 6.07) is 5.15. The molecule has 0 bridgehead atoms. The molecule has 172 valence electrons. The maximum absolute atomic E-state index is 12.7. The van der Waals surface area contributed by atoms with Crippen molar-refractivity contribution < 1.29 is 19.1 Å². The molecule has 1 amide bonds. The van der Waals surface area contributed by atoms with E-state index in [1.165, 1.54) is 23.3 Å². The summed E-state index contributed by atoms with van der Waals surface area (Å²) in [4.78, 5) is 26.2. The van der Waals surface area contributed by atoms with Gasteiger partial charge in [0.2, 0.25) is 0 Å². The number of rotatable bonds is 7. The maximum Gasteiger partial charge on any atom is 0.341 e. The maximum atomic E-state index is 12.7. The zero-order valence-electron chi connectivity index (χ0n) is 18.4. The van der Waals surface area contributed by atoms with Crippen LogP contribution in [0.3, 0.4) is 0 Å². The number of amides is 1. The van der Waals surface area contributed by atoms with E-state index < -0.39 is 5.97 Å². The van der Waals surface area contributed by atoms with Crippen molar-refractivity contribution in [3.8, 4) is 5.75 Å². The third kappa shape index (κ3) is 6.08. The van der Waals surface area contributed by atoms with E-state index in [2.05, 4.69) is 40.4 Å². The molecule has 0 radical (unpaired) electrons. The predicted molar refractivity (Wildman–Crippen MR) is 135 cm³/mol. The SMILES string of the molecule is COC(=O)c1c(NC(=S)NC(=O)c2ccc(OCCC(C)C)c(Br)c2)sc2c1CCCC2. The number of hydrogen-bond acceptors (Lipinski definition) is 6. The van der Waals surface area contributed by atoms with Gasteiger partial charge in [0.1, 0.15) is 10.8 Å². The highest BCUT2D eigenvalue weighted by Gasteiger charge is 2.26. The monoisotopic (exact) mass is 538 g/mol. The van der Waals surface area contributed by atoms with Gasteiger partial charge in [-0.15, -0.1) is 11.3 Å². The van der Waals surface area contributed by atoms with Crippen molar-refractivity contribution in [2.24, 2.45) is 5.92 Å². The Morgan fingerprint density at radius 3 is 2.69 bits per heavy atom. The predicted octanol–water partition coefficient (Wildman–Crippen LogP) is 5.73. The van der Waals surface area contributed by atoms with Crippen LogP contribution in [0, 0.1) is 5.92 Å². The van der Waals surface area contributed by atoms with E-state index in [1.807, 2.05) is 0 Å². The van der Waals surface area contributed by atoms with E-state index in [4.69, 9.17) is 21.7 Å². The van der Waals surface area contributed by atoms with Crippen molar-refractivity contribution >= 4 is 61.5 Å². The Morgan fingerprint density at radius 2 is 2.00 bits per heavy atom. The zero-order chi connectivity index (χ0) is 23.3. The average molecular weight is 540 g/mol. The number of thiophene rings is 1. The van der Waals surface area contributed by atoms with Crippen molar-refractivity contribution in [2.45, 2.75) is 46.0 Å². The number of thiocarbonyl (C=S) groups is 1. The molecule has 32 heavy (non-hydrogen) atoms. The molecule has 0 spiro atoms. The molecule has 0 fully saturated rings. The van der Waals surface area contributed by atoms with E-state index in [9.17, 15) is 9.59 Å². The highest BCUT2D eigenvalue weighted by atomic mass is 79.9. The summed E-state index contributed by atoms with van der Waals surface area (Å²) in [6.45, 7) is 4.90. The lowest BCUT2D eigenvalue weighted by Gasteiger charge is -2.13. The van der Waals surface area contributed by atoms with Crippen molar-refractivity contribution in [2.75, 3.05) is 19.0 Å². The third-order valence-corrected chi connectivity index (χ3v) is 7.19. The summed E-state index contributed by atoms with van der Waals surface area (Å²) >= 11 is 10.3. The van der Waals surface area contributed by atoms with E-state index in [-0.39, 0.29) is 11.0 Å². The molecule has 1 aliphatic carbocycles. The van der Waals surface area contributed by atoms with E-state index in [0.717, 1.165) is 37.7 Å². The summed E-state index contributed by atoms with van der Waals surface area (Å²) in [5.41, 5.74) is 1.99. The third-order valence-electron chi connectivity index (χ3n) is 5.16. The molecule has 2 aromatic rings. The second-order valence-corrected chi connectivity index (χ2v) is 10.4. The Morgan fingerprint density at radius 1 is 1.25 bits per heavy atom. The summed E-state index contributed by atoms with van der Waals surface area (Å²) in [5.74, 6) is 0.506. The first-order valence-corrected chi connectivity index (χ1v) is 12.6. The van der Waals surface area contributed by atoms with Gasteiger partial charge in [0.05, 0.1) is 23.8 Å². The topological polar surface area (TPSA) is 76.7 Å². The lowest BCUT2D eigenvalue weighted by atomic mass is 9.95. The number of aryl methyl sites for hydroxylation is 1. The molecule has 9 heteroatoms. The molecule has 2 N–H and O–H groups in total. The van der Waals surface area contributed by atoms with Crippen LogP contribution in [0.25, 0.3) is 0 Å². The summed E-state index contributed by atoms with van der Waals surface area (Å²) in [7, 11) is 1.37. The Balaban J connectivity index is 1.66. The Kier molecular flexibility index (Phi) is 8.67. The fourth-order valence-electron chi connectivity index (χ4n) is 3.45. The van der Waals surface area contributed by atoms with Crippen LogP contribution in [0.2, 0.25) is 0 Å². The molecule has 0 aliphatic heterocycles. The minimum absolute atomic E-state index is 0.132. The summed E-state index contributed by atoms with van der Waals surface area (Å²) in [6.07, 6.45) is 4.87. The van der Waals surface area contributed by atoms with Crippen molar-refractivity contribution in [1.29, 1.82) is 0 Å². The number of anilines is 1. The number of hydrogen-bond donors (Lipinski definition) is 2. The molecular formula is C23H27BrN2O4S2. The molecule has 0 atom stereocenters. The molecule has 0 unspecified atom stereocenters. The largest absolute Gasteiger partial charge is 0.492 e. The van der Waals surface area contributed by atoms with Gasteiger partial charge in [-0.25, -0.2) is 4.79 Å². The van der Waals surface area contributed by atoms with E-state index in [0.29, 0.717) is 38.9 Å². The van der Waals surface area contributed by atoms with Gasteiger partial charge in [0.15, 0.2) is 5.11 Å². The Labute approximate surface area is 206 Å². The summed E-state index contributed by atoms with van der Waals surface area (Å²) in [5, 5.41) is 6.46. The van der Waals surface area contributed by atoms with Gasteiger partial charge in [-0.1, -0.05) is 13.8 Å². The van der Waals surface area contributed by atoms with Crippen LogP contribution in [-0.2, 0) is 17.6 Å². The first-order chi connectivity index (χ1) is 15.3. The normalized spacial score (nSPS) is 12.8. The standard InChI is InChI=1S/C23H27BrN2O4S2/c1-13(2)10-11-30-17-9-8-14(12-16(17)24)20(27)25-23(31)26-21-19(22(28)29-3)15-6-4-5-7-18(15)32-21/h8-9,12-13H,4-7,10-11H2,1-3H3,(H2,25,26,27,31). The van der Waals surface area contributed by atoms with Crippen molar-refractivity contribution in [3.63, 3.8) is 0 Å². The van der Waals surface area contributed by atoms with Gasteiger partial charge in [-0.3, -0.25) is 10.1 Å². The van der Waals surface area contributed by atoms with Crippen LogP contribution in [0.15, 0.2) is 22.7 Å². The molecule has 1 aromatic carbocycles. The summed E-state index contributed by atoms with van der Waals surface area (Å²) < 4.78 is 11.4. The van der Waals surface area contributed by atoms with Crippen LogP contribution in [-0.4, -0.2) is 30.7 Å². The van der Waals surface area contributed by atoms with Crippen LogP contribution < -0.4 is 15.4 Å². The van der Waals surface area contributed by atoms with Gasteiger partial charge in [-0.05, 0) is 89.9 Å². The van der Waals surface area contributed by atoms with Crippen LogP contribution in [0.4, 0.5) is 5.00 Å². The van der Waals surface area contributed by atoms with Crippen LogP contribution >= 0.6 is 39.5 Å². The van der Waals surface area contributed by atoms with E-state index >= 15 is 0 Å². The Bertz CT molecular complexity index is 1020. The van der Waals surface area contributed by atoms with Gasteiger partial charge in [0.25, 0.3) is 5.91 Å².